The van der Waals surface area contributed by atoms with Crippen LogP contribution < -0.4 is 10.2 Å². The van der Waals surface area contributed by atoms with Crippen LogP contribution in [0.3, 0.4) is 0 Å². The van der Waals surface area contributed by atoms with Crippen molar-refractivity contribution >= 4 is 27.3 Å². The number of rotatable bonds is 9. The van der Waals surface area contributed by atoms with E-state index in [9.17, 15) is 13.2 Å². The summed E-state index contributed by atoms with van der Waals surface area (Å²) in [5.74, 6) is -0.406. The Hall–Kier alpha value is -2.91. The molecule has 9 heteroatoms. The second-order valence-corrected chi connectivity index (χ2v) is 11.3. The molecule has 190 valence electrons. The van der Waals surface area contributed by atoms with Gasteiger partial charge < -0.3 is 9.47 Å². The van der Waals surface area contributed by atoms with Gasteiger partial charge in [0.1, 0.15) is 5.75 Å². The molecule has 0 aliphatic carbocycles. The van der Waals surface area contributed by atoms with Crippen molar-refractivity contribution in [2.24, 2.45) is 0 Å². The van der Waals surface area contributed by atoms with Gasteiger partial charge in [-0.3, -0.25) is 10.0 Å². The lowest BCUT2D eigenvalue weighted by Gasteiger charge is -2.34. The number of carbonyl (C=O) groups excluding carboxylic acids is 1. The number of halogens is 1. The zero-order chi connectivity index (χ0) is 25.6. The molecule has 0 unspecified atom stereocenters. The lowest BCUT2D eigenvalue weighted by Crippen LogP contribution is -2.54. The van der Waals surface area contributed by atoms with Gasteiger partial charge in [0, 0.05) is 23.8 Å². The van der Waals surface area contributed by atoms with Crippen LogP contribution in [0.5, 0.6) is 5.75 Å². The fourth-order valence-electron chi connectivity index (χ4n) is 4.42. The van der Waals surface area contributed by atoms with Gasteiger partial charge in [-0.25, -0.2) is 13.9 Å². The summed E-state index contributed by atoms with van der Waals surface area (Å²) in [5, 5.41) is 9.88. The molecule has 1 aliphatic rings. The normalized spacial score (nSPS) is 15.3. The largest absolute Gasteiger partial charge is 0.494 e. The van der Waals surface area contributed by atoms with E-state index in [0.29, 0.717) is 17.4 Å². The predicted octanol–water partition coefficient (Wildman–Crippen LogP) is 4.85. The van der Waals surface area contributed by atoms with E-state index >= 15 is 0 Å². The number of hydrogen-bond donors (Lipinski definition) is 2. The van der Waals surface area contributed by atoms with Crippen LogP contribution >= 0.6 is 11.6 Å². The van der Waals surface area contributed by atoms with Crippen molar-refractivity contribution in [1.82, 2.24) is 5.48 Å². The molecule has 0 spiro atoms. The SMILES string of the molecule is O=C(NO)C1(S(=O)(=O)c2ccc(OCCCc3cccc(-c4ccccc4Cl)c3)cc2)CCOCC1. The van der Waals surface area contributed by atoms with Crippen LogP contribution in [0, 0.1) is 0 Å². The lowest BCUT2D eigenvalue weighted by molar-refractivity contribution is -0.134. The molecular formula is C27H28ClNO6S. The number of ether oxygens (including phenoxy) is 2. The molecule has 1 amide bonds. The molecule has 0 bridgehead atoms. The number of aryl methyl sites for hydroxylation is 1. The van der Waals surface area contributed by atoms with E-state index in [2.05, 4.69) is 12.1 Å². The molecule has 1 aliphatic heterocycles. The minimum atomic E-state index is -4.06. The number of hydroxylamine groups is 1. The average molecular weight is 530 g/mol. The monoisotopic (exact) mass is 529 g/mol. The minimum absolute atomic E-state index is 0.00302. The molecule has 7 nitrogen and oxygen atoms in total. The molecule has 0 saturated carbocycles. The zero-order valence-electron chi connectivity index (χ0n) is 19.7. The second kappa shape index (κ2) is 11.4. The Bertz CT molecular complexity index is 1300. The molecule has 1 saturated heterocycles. The summed E-state index contributed by atoms with van der Waals surface area (Å²) >= 11 is 6.33. The van der Waals surface area contributed by atoms with Gasteiger partial charge in [0.2, 0.25) is 0 Å². The highest BCUT2D eigenvalue weighted by atomic mass is 35.5. The van der Waals surface area contributed by atoms with Crippen molar-refractivity contribution in [3.8, 4) is 16.9 Å². The Balaban J connectivity index is 1.36. The van der Waals surface area contributed by atoms with Crippen LogP contribution in [-0.4, -0.2) is 44.1 Å². The van der Waals surface area contributed by atoms with Gasteiger partial charge in [-0.05, 0) is 67.1 Å². The maximum atomic E-state index is 13.3. The number of nitrogens with one attached hydrogen (secondary N) is 1. The van der Waals surface area contributed by atoms with Crippen molar-refractivity contribution in [1.29, 1.82) is 0 Å². The Morgan fingerprint density at radius 2 is 1.75 bits per heavy atom. The molecule has 4 rings (SSSR count). The first-order valence-electron chi connectivity index (χ1n) is 11.7. The highest BCUT2D eigenvalue weighted by molar-refractivity contribution is 7.93. The van der Waals surface area contributed by atoms with E-state index in [1.54, 1.807) is 12.1 Å². The van der Waals surface area contributed by atoms with Crippen LogP contribution in [0.25, 0.3) is 11.1 Å². The second-order valence-electron chi connectivity index (χ2n) is 8.65. The molecule has 2 N–H and O–H groups in total. The maximum Gasteiger partial charge on any atom is 0.265 e. The third kappa shape index (κ3) is 5.42. The lowest BCUT2D eigenvalue weighted by atomic mass is 9.98. The van der Waals surface area contributed by atoms with Crippen molar-refractivity contribution in [3.05, 3.63) is 83.4 Å². The molecule has 0 aromatic heterocycles. The highest BCUT2D eigenvalue weighted by Crippen LogP contribution is 2.36. The van der Waals surface area contributed by atoms with Crippen LogP contribution in [0.2, 0.25) is 5.02 Å². The van der Waals surface area contributed by atoms with Gasteiger partial charge in [-0.15, -0.1) is 0 Å². The Kier molecular flexibility index (Phi) is 8.31. The molecule has 0 radical (unpaired) electrons. The first kappa shape index (κ1) is 26.2. The van der Waals surface area contributed by atoms with Crippen molar-refractivity contribution in [2.45, 2.75) is 35.3 Å². The first-order chi connectivity index (χ1) is 17.4. The fourth-order valence-corrected chi connectivity index (χ4v) is 6.60. The van der Waals surface area contributed by atoms with Crippen LogP contribution in [-0.2, 0) is 25.8 Å². The molecule has 1 fully saturated rings. The smallest absolute Gasteiger partial charge is 0.265 e. The third-order valence-electron chi connectivity index (χ3n) is 6.45. The maximum absolute atomic E-state index is 13.3. The van der Waals surface area contributed by atoms with E-state index in [1.165, 1.54) is 23.2 Å². The van der Waals surface area contributed by atoms with E-state index in [0.717, 1.165) is 24.0 Å². The van der Waals surface area contributed by atoms with E-state index in [4.69, 9.17) is 26.3 Å². The van der Waals surface area contributed by atoms with Gasteiger partial charge in [-0.1, -0.05) is 54.1 Å². The number of carbonyl (C=O) groups is 1. The van der Waals surface area contributed by atoms with Crippen LogP contribution in [0.4, 0.5) is 0 Å². The Morgan fingerprint density at radius 1 is 1.03 bits per heavy atom. The fraction of sp³-hybridized carbons (Fsp3) is 0.296. The Labute approximate surface area is 215 Å². The summed E-state index contributed by atoms with van der Waals surface area (Å²) in [6.45, 7) is 0.695. The third-order valence-corrected chi connectivity index (χ3v) is 9.30. The quantitative estimate of drug-likeness (QED) is 0.233. The van der Waals surface area contributed by atoms with Gasteiger partial charge >= 0.3 is 0 Å². The number of hydrogen-bond acceptors (Lipinski definition) is 6. The predicted molar refractivity (Wildman–Crippen MR) is 137 cm³/mol. The summed E-state index contributed by atoms with van der Waals surface area (Å²) < 4.78 is 35.9. The number of sulfone groups is 1. The van der Waals surface area contributed by atoms with Crippen LogP contribution in [0.15, 0.2) is 77.7 Å². The highest BCUT2D eigenvalue weighted by Gasteiger charge is 2.52. The van der Waals surface area contributed by atoms with E-state index in [1.807, 2.05) is 36.4 Å². The van der Waals surface area contributed by atoms with E-state index in [-0.39, 0.29) is 31.0 Å². The van der Waals surface area contributed by atoms with Gasteiger partial charge in [0.05, 0.1) is 11.5 Å². The average Bonchev–Trinajstić information content (AvgIpc) is 2.91. The summed E-state index contributed by atoms with van der Waals surface area (Å²) in [4.78, 5) is 12.4. The summed E-state index contributed by atoms with van der Waals surface area (Å²) in [7, 11) is -4.06. The topological polar surface area (TPSA) is 102 Å². The molecule has 36 heavy (non-hydrogen) atoms. The number of amides is 1. The molecule has 1 heterocycles. The summed E-state index contributed by atoms with van der Waals surface area (Å²) in [6, 6.07) is 22.0. The summed E-state index contributed by atoms with van der Waals surface area (Å²) in [6.07, 6.45) is 1.52. The zero-order valence-corrected chi connectivity index (χ0v) is 21.2. The van der Waals surface area contributed by atoms with Crippen molar-refractivity contribution in [3.63, 3.8) is 0 Å². The van der Waals surface area contributed by atoms with Crippen LogP contribution in [0.1, 0.15) is 24.8 Å². The van der Waals surface area contributed by atoms with Gasteiger partial charge in [0.25, 0.3) is 5.91 Å². The standard InChI is InChI=1S/C27H28ClNO6S/c28-25-9-2-1-8-24(25)21-7-3-5-20(19-21)6-4-16-35-22-10-12-23(13-11-22)36(32,33)27(26(30)29-31)14-17-34-18-15-27/h1-3,5,7-13,19,31H,4,6,14-18H2,(H,29,30). The van der Waals surface area contributed by atoms with Gasteiger partial charge in [-0.2, -0.15) is 0 Å². The molecule has 0 atom stereocenters. The van der Waals surface area contributed by atoms with Gasteiger partial charge in [0.15, 0.2) is 14.6 Å². The molecule has 3 aromatic carbocycles. The number of benzene rings is 3. The minimum Gasteiger partial charge on any atom is -0.494 e. The summed E-state index contributed by atoms with van der Waals surface area (Å²) in [5.41, 5.74) is 4.74. The van der Waals surface area contributed by atoms with E-state index < -0.39 is 20.5 Å². The Morgan fingerprint density at radius 3 is 2.44 bits per heavy atom. The van der Waals surface area contributed by atoms with Crippen molar-refractivity contribution in [2.75, 3.05) is 19.8 Å². The van der Waals surface area contributed by atoms with Crippen molar-refractivity contribution < 1.29 is 27.9 Å². The molecule has 3 aromatic rings. The molecular weight excluding hydrogens is 502 g/mol. The first-order valence-corrected chi connectivity index (χ1v) is 13.6.